The number of para-hydroxylation sites is 1. The number of carbonyl (C=O) groups is 1. The van der Waals surface area contributed by atoms with E-state index in [1.165, 1.54) is 22.4 Å². The predicted octanol–water partition coefficient (Wildman–Crippen LogP) is 5.23. The quantitative estimate of drug-likeness (QED) is 0.694. The first-order valence-corrected chi connectivity index (χ1v) is 11.8. The van der Waals surface area contributed by atoms with Crippen LogP contribution in [0.2, 0.25) is 0 Å². The van der Waals surface area contributed by atoms with Crippen LogP contribution >= 0.6 is 0 Å². The molecule has 31 heavy (non-hydrogen) atoms. The van der Waals surface area contributed by atoms with Gasteiger partial charge in [0.1, 0.15) is 0 Å². The van der Waals surface area contributed by atoms with Gasteiger partial charge < -0.3 is 4.90 Å². The Morgan fingerprint density at radius 3 is 2.84 bits per heavy atom. The number of aliphatic imine (C=N–C) groups is 1. The molecule has 2 aromatic rings. The van der Waals surface area contributed by atoms with E-state index in [1.54, 1.807) is 0 Å². The van der Waals surface area contributed by atoms with Crippen LogP contribution in [0.15, 0.2) is 64.9 Å². The Bertz CT molecular complexity index is 1090. The van der Waals surface area contributed by atoms with Crippen molar-refractivity contribution in [3.05, 3.63) is 71.1 Å². The first-order chi connectivity index (χ1) is 15.2. The predicted molar refractivity (Wildman–Crippen MR) is 122 cm³/mol. The number of carbonyl (C=O) groups excluding carboxylic acids is 1. The van der Waals surface area contributed by atoms with Crippen molar-refractivity contribution in [2.45, 2.75) is 57.4 Å². The number of nitrogens with zero attached hydrogens (tertiary/aromatic N) is 3. The second-order valence-corrected chi connectivity index (χ2v) is 9.67. The summed E-state index contributed by atoms with van der Waals surface area (Å²) in [6.45, 7) is 3.18. The van der Waals surface area contributed by atoms with Gasteiger partial charge in [-0.15, -0.1) is 0 Å². The number of rotatable bonds is 3. The molecule has 0 radical (unpaired) electrons. The number of aromatic nitrogens is 1. The van der Waals surface area contributed by atoms with E-state index in [1.807, 2.05) is 18.5 Å². The number of hydrogen-bond acceptors (Lipinski definition) is 3. The van der Waals surface area contributed by atoms with Gasteiger partial charge in [0.25, 0.3) is 5.91 Å². The first-order valence-electron chi connectivity index (χ1n) is 11.8. The molecule has 4 unspecified atom stereocenters. The zero-order chi connectivity index (χ0) is 20.9. The van der Waals surface area contributed by atoms with Crippen LogP contribution in [0.1, 0.15) is 56.1 Å². The summed E-state index contributed by atoms with van der Waals surface area (Å²) >= 11 is 0. The Balaban J connectivity index is 1.27. The molecule has 0 spiro atoms. The van der Waals surface area contributed by atoms with Gasteiger partial charge in [-0.2, -0.15) is 0 Å². The maximum absolute atomic E-state index is 13.8. The lowest BCUT2D eigenvalue weighted by molar-refractivity contribution is -0.129. The Labute approximate surface area is 184 Å². The number of aryl methyl sites for hydroxylation is 1. The van der Waals surface area contributed by atoms with Crippen molar-refractivity contribution in [1.82, 2.24) is 9.88 Å². The van der Waals surface area contributed by atoms with E-state index in [0.29, 0.717) is 17.9 Å². The smallest absolute Gasteiger partial charge is 0.250 e. The van der Waals surface area contributed by atoms with E-state index in [9.17, 15) is 4.79 Å². The van der Waals surface area contributed by atoms with Crippen LogP contribution in [-0.4, -0.2) is 34.1 Å². The van der Waals surface area contributed by atoms with Crippen LogP contribution < -0.4 is 0 Å². The first kappa shape index (κ1) is 19.0. The van der Waals surface area contributed by atoms with Crippen LogP contribution in [0, 0.1) is 11.8 Å². The Hall–Kier alpha value is -2.75. The molecule has 1 fully saturated rings. The summed E-state index contributed by atoms with van der Waals surface area (Å²) in [4.78, 5) is 25.3. The lowest BCUT2D eigenvalue weighted by Crippen LogP contribution is -2.45. The third kappa shape index (κ3) is 3.24. The van der Waals surface area contributed by atoms with Gasteiger partial charge in [0.05, 0.1) is 5.69 Å². The van der Waals surface area contributed by atoms with Crippen LogP contribution in [0.4, 0.5) is 5.69 Å². The standard InChI is InChI=1S/C27H29N3O/c1-17-16-30(25-14-22(25)24-12-11-18-6-2-3-10-23(18)29-24)27(31)26-20(17)8-4-9-21(26)19-7-5-13-28-15-19/h2-3,5-7,10,13,15,17,21-22,25H,4,8-9,11-12,14,16H2,1H3. The molecule has 1 saturated carbocycles. The average molecular weight is 412 g/mol. The van der Waals surface area contributed by atoms with Crippen molar-refractivity contribution < 1.29 is 4.79 Å². The molecule has 4 aliphatic rings. The van der Waals surface area contributed by atoms with E-state index >= 15 is 0 Å². The summed E-state index contributed by atoms with van der Waals surface area (Å²) in [5, 5.41) is 0. The number of hydrogen-bond donors (Lipinski definition) is 0. The van der Waals surface area contributed by atoms with Crippen LogP contribution in [0.25, 0.3) is 0 Å². The highest BCUT2D eigenvalue weighted by atomic mass is 16.2. The number of benzene rings is 1. The molecule has 2 aliphatic heterocycles. The second-order valence-electron chi connectivity index (χ2n) is 9.67. The maximum atomic E-state index is 13.8. The highest BCUT2D eigenvalue weighted by Crippen LogP contribution is 2.48. The molecule has 4 atom stereocenters. The average Bonchev–Trinajstić information content (AvgIpc) is 3.62. The van der Waals surface area contributed by atoms with Crippen molar-refractivity contribution in [3.63, 3.8) is 0 Å². The van der Waals surface area contributed by atoms with Gasteiger partial charge in [0.2, 0.25) is 0 Å². The van der Waals surface area contributed by atoms with Crippen molar-refractivity contribution in [2.24, 2.45) is 16.8 Å². The normalized spacial score (nSPS) is 29.9. The molecular formula is C27H29N3O. The molecule has 6 rings (SSSR count). The summed E-state index contributed by atoms with van der Waals surface area (Å²) in [7, 11) is 0. The highest BCUT2D eigenvalue weighted by molar-refractivity contribution is 5.99. The minimum absolute atomic E-state index is 0.200. The van der Waals surface area contributed by atoms with E-state index in [0.717, 1.165) is 56.3 Å². The largest absolute Gasteiger partial charge is 0.335 e. The summed E-state index contributed by atoms with van der Waals surface area (Å²) in [5.41, 5.74) is 7.46. The van der Waals surface area contributed by atoms with Gasteiger partial charge in [-0.25, -0.2) is 0 Å². The van der Waals surface area contributed by atoms with Gasteiger partial charge in [0, 0.05) is 48.1 Å². The molecule has 1 amide bonds. The van der Waals surface area contributed by atoms with E-state index in [2.05, 4.69) is 47.1 Å². The molecule has 158 valence electrons. The minimum atomic E-state index is 0.200. The molecule has 4 heteroatoms. The molecule has 3 heterocycles. The Kier molecular flexibility index (Phi) is 4.55. The molecule has 1 aromatic carbocycles. The van der Waals surface area contributed by atoms with Gasteiger partial charge in [-0.05, 0) is 67.7 Å². The molecular weight excluding hydrogens is 382 g/mol. The van der Waals surface area contributed by atoms with Gasteiger partial charge in [-0.3, -0.25) is 14.8 Å². The SMILES string of the molecule is CC1CN(C2CC2C2=Nc3ccccc3CC2)C(=O)C2=C1CCCC2c1cccnc1. The molecule has 4 nitrogen and oxygen atoms in total. The zero-order valence-electron chi connectivity index (χ0n) is 18.1. The number of fused-ring (bicyclic) bond motifs is 1. The van der Waals surface area contributed by atoms with Crippen molar-refractivity contribution >= 4 is 17.3 Å². The Morgan fingerprint density at radius 2 is 1.97 bits per heavy atom. The van der Waals surface area contributed by atoms with Crippen LogP contribution in [0.3, 0.4) is 0 Å². The third-order valence-electron chi connectivity index (χ3n) is 7.77. The molecule has 2 aliphatic carbocycles. The van der Waals surface area contributed by atoms with Crippen molar-refractivity contribution in [2.75, 3.05) is 6.54 Å². The van der Waals surface area contributed by atoms with Crippen molar-refractivity contribution in [1.29, 1.82) is 0 Å². The summed E-state index contributed by atoms with van der Waals surface area (Å²) in [6, 6.07) is 12.9. The van der Waals surface area contributed by atoms with Gasteiger partial charge in [-0.1, -0.05) is 36.8 Å². The molecule has 0 saturated heterocycles. The fourth-order valence-corrected chi connectivity index (χ4v) is 6.10. The van der Waals surface area contributed by atoms with Crippen molar-refractivity contribution in [3.8, 4) is 0 Å². The van der Waals surface area contributed by atoms with E-state index in [-0.39, 0.29) is 11.8 Å². The van der Waals surface area contributed by atoms with E-state index in [4.69, 9.17) is 4.99 Å². The fourth-order valence-electron chi connectivity index (χ4n) is 6.10. The second kappa shape index (κ2) is 7.44. The van der Waals surface area contributed by atoms with Gasteiger partial charge >= 0.3 is 0 Å². The third-order valence-corrected chi connectivity index (χ3v) is 7.77. The Morgan fingerprint density at radius 1 is 1.06 bits per heavy atom. The molecule has 0 bridgehead atoms. The monoisotopic (exact) mass is 411 g/mol. The number of amides is 1. The molecule has 0 N–H and O–H groups in total. The minimum Gasteiger partial charge on any atom is -0.335 e. The van der Waals surface area contributed by atoms with Crippen LogP contribution in [0.5, 0.6) is 0 Å². The topological polar surface area (TPSA) is 45.6 Å². The maximum Gasteiger partial charge on any atom is 0.250 e. The van der Waals surface area contributed by atoms with Crippen LogP contribution in [-0.2, 0) is 11.2 Å². The highest BCUT2D eigenvalue weighted by Gasteiger charge is 2.50. The van der Waals surface area contributed by atoms with E-state index < -0.39 is 0 Å². The summed E-state index contributed by atoms with van der Waals surface area (Å²) in [6.07, 6.45) is 10.2. The van der Waals surface area contributed by atoms with Gasteiger partial charge in [0.15, 0.2) is 0 Å². The fraction of sp³-hybridized carbons (Fsp3) is 0.444. The molecule has 1 aromatic heterocycles. The lowest BCUT2D eigenvalue weighted by atomic mass is 9.73. The lowest BCUT2D eigenvalue weighted by Gasteiger charge is -2.40. The number of pyridine rings is 1. The zero-order valence-corrected chi connectivity index (χ0v) is 18.1. The summed E-state index contributed by atoms with van der Waals surface area (Å²) < 4.78 is 0. The summed E-state index contributed by atoms with van der Waals surface area (Å²) in [5.74, 6) is 1.37.